The van der Waals surface area contributed by atoms with E-state index >= 15 is 0 Å². The molecule has 21 heavy (non-hydrogen) atoms. The number of aryl methyl sites for hydroxylation is 1. The highest BCUT2D eigenvalue weighted by Crippen LogP contribution is 2.25. The van der Waals surface area contributed by atoms with Gasteiger partial charge in [0.15, 0.2) is 0 Å². The van der Waals surface area contributed by atoms with Crippen molar-refractivity contribution in [1.29, 1.82) is 0 Å². The van der Waals surface area contributed by atoms with E-state index in [1.165, 1.54) is 5.56 Å². The molecule has 7 heteroatoms. The number of aromatic nitrogens is 2. The Kier molecular flexibility index (Phi) is 3.69. The van der Waals surface area contributed by atoms with Crippen molar-refractivity contribution in [1.82, 2.24) is 14.5 Å². The molecule has 2 aromatic rings. The summed E-state index contributed by atoms with van der Waals surface area (Å²) >= 11 is 0. The Balaban J connectivity index is 1.66. The summed E-state index contributed by atoms with van der Waals surface area (Å²) in [5.74, 6) is 0. The maximum Gasteiger partial charge on any atom is 0.240 e. The largest absolute Gasteiger partial charge is 0.384 e. The molecule has 6 nitrogen and oxygen atoms in total. The zero-order valence-corrected chi connectivity index (χ0v) is 12.7. The van der Waals surface area contributed by atoms with Crippen LogP contribution in [-0.2, 0) is 29.9 Å². The lowest BCUT2D eigenvalue weighted by Gasteiger charge is -2.08. The van der Waals surface area contributed by atoms with Crippen molar-refractivity contribution in [3.05, 3.63) is 41.7 Å². The van der Waals surface area contributed by atoms with E-state index in [0.717, 1.165) is 24.3 Å². The molecule has 0 unspecified atom stereocenters. The maximum atomic E-state index is 12.3. The summed E-state index contributed by atoms with van der Waals surface area (Å²) in [7, 11) is -1.63. The fourth-order valence-corrected chi connectivity index (χ4v) is 3.49. The fraction of sp³-hybridized carbons (Fsp3) is 0.357. The van der Waals surface area contributed by atoms with E-state index < -0.39 is 10.0 Å². The van der Waals surface area contributed by atoms with Gasteiger partial charge in [0.25, 0.3) is 0 Å². The second-order valence-electron chi connectivity index (χ2n) is 5.12. The second-order valence-corrected chi connectivity index (χ2v) is 6.89. The van der Waals surface area contributed by atoms with Crippen LogP contribution in [0.15, 0.2) is 35.4 Å². The highest BCUT2D eigenvalue weighted by molar-refractivity contribution is 7.89. The molecule has 0 saturated heterocycles. The van der Waals surface area contributed by atoms with Crippen LogP contribution in [0.2, 0.25) is 0 Å². The van der Waals surface area contributed by atoms with Crippen molar-refractivity contribution in [2.24, 2.45) is 7.05 Å². The minimum absolute atomic E-state index is 0.302. The van der Waals surface area contributed by atoms with Gasteiger partial charge in [-0.3, -0.25) is 4.68 Å². The molecule has 0 bridgehead atoms. The molecule has 0 spiro atoms. The van der Waals surface area contributed by atoms with Gasteiger partial charge < -0.3 is 5.32 Å². The first-order valence-electron chi connectivity index (χ1n) is 6.89. The fourth-order valence-electron chi connectivity index (χ4n) is 2.43. The summed E-state index contributed by atoms with van der Waals surface area (Å²) in [6.07, 6.45) is 3.36. The van der Waals surface area contributed by atoms with Gasteiger partial charge in [-0.05, 0) is 30.2 Å². The lowest BCUT2D eigenvalue weighted by atomic mass is 10.2. The SMILES string of the molecule is Cn1ccc(CCNS(=O)(=O)c2ccc3c(c2)NCC3)n1. The molecule has 1 aliphatic rings. The summed E-state index contributed by atoms with van der Waals surface area (Å²) in [6.45, 7) is 1.20. The van der Waals surface area contributed by atoms with Crippen molar-refractivity contribution in [3.63, 3.8) is 0 Å². The number of anilines is 1. The molecule has 2 N–H and O–H groups in total. The van der Waals surface area contributed by atoms with Crippen molar-refractivity contribution in [2.45, 2.75) is 17.7 Å². The van der Waals surface area contributed by atoms with Gasteiger partial charge in [0.05, 0.1) is 10.6 Å². The van der Waals surface area contributed by atoms with Crippen molar-refractivity contribution in [2.75, 3.05) is 18.4 Å². The van der Waals surface area contributed by atoms with Crippen LogP contribution in [0.1, 0.15) is 11.3 Å². The number of sulfonamides is 1. The lowest BCUT2D eigenvalue weighted by molar-refractivity contribution is 0.581. The van der Waals surface area contributed by atoms with Gasteiger partial charge >= 0.3 is 0 Å². The molecule has 2 heterocycles. The molecule has 1 aromatic carbocycles. The number of fused-ring (bicyclic) bond motifs is 1. The highest BCUT2D eigenvalue weighted by Gasteiger charge is 2.17. The number of hydrogen-bond donors (Lipinski definition) is 2. The monoisotopic (exact) mass is 306 g/mol. The molecule has 0 radical (unpaired) electrons. The average molecular weight is 306 g/mol. The maximum absolute atomic E-state index is 12.3. The van der Waals surface area contributed by atoms with Gasteiger partial charge in [-0.1, -0.05) is 6.07 Å². The van der Waals surface area contributed by atoms with Crippen molar-refractivity contribution in [3.8, 4) is 0 Å². The zero-order valence-electron chi connectivity index (χ0n) is 11.8. The Morgan fingerprint density at radius 2 is 2.24 bits per heavy atom. The first kappa shape index (κ1) is 14.1. The van der Waals surface area contributed by atoms with Gasteiger partial charge in [0.2, 0.25) is 10.0 Å². The molecule has 112 valence electrons. The van der Waals surface area contributed by atoms with Gasteiger partial charge in [0, 0.05) is 38.4 Å². The molecule has 1 aromatic heterocycles. The second kappa shape index (κ2) is 5.50. The topological polar surface area (TPSA) is 76.0 Å². The van der Waals surface area contributed by atoms with Crippen molar-refractivity contribution >= 4 is 15.7 Å². The van der Waals surface area contributed by atoms with Gasteiger partial charge in [-0.25, -0.2) is 13.1 Å². The predicted molar refractivity (Wildman–Crippen MR) is 80.7 cm³/mol. The molecule has 3 rings (SSSR count). The summed E-state index contributed by atoms with van der Waals surface area (Å²) in [4.78, 5) is 0.302. The number of rotatable bonds is 5. The highest BCUT2D eigenvalue weighted by atomic mass is 32.2. The predicted octanol–water partition coefficient (Wildman–Crippen LogP) is 0.909. The molecule has 0 fully saturated rings. The third kappa shape index (κ3) is 3.08. The van der Waals surface area contributed by atoms with E-state index in [2.05, 4.69) is 15.1 Å². The third-order valence-corrected chi connectivity index (χ3v) is 5.00. The van der Waals surface area contributed by atoms with Crippen LogP contribution in [0.4, 0.5) is 5.69 Å². The Bertz CT molecular complexity index is 752. The standard InChI is InChI=1S/C14H18N4O2S/c1-18-9-6-12(17-18)5-8-16-21(19,20)13-3-2-11-4-7-15-14(11)10-13/h2-3,6,9-10,15-16H,4-5,7-8H2,1H3. The Hall–Kier alpha value is -1.86. The zero-order chi connectivity index (χ0) is 14.9. The summed E-state index contributed by atoms with van der Waals surface area (Å²) in [6, 6.07) is 7.12. The van der Waals surface area contributed by atoms with E-state index in [9.17, 15) is 8.42 Å². The van der Waals surface area contributed by atoms with Crippen LogP contribution < -0.4 is 10.0 Å². The molecular weight excluding hydrogens is 288 g/mol. The summed E-state index contributed by atoms with van der Waals surface area (Å²) in [5, 5.41) is 7.41. The van der Waals surface area contributed by atoms with E-state index in [4.69, 9.17) is 0 Å². The normalized spacial score (nSPS) is 14.0. The number of nitrogens with zero attached hydrogens (tertiary/aromatic N) is 2. The smallest absolute Gasteiger partial charge is 0.240 e. The van der Waals surface area contributed by atoms with Gasteiger partial charge in [0.1, 0.15) is 0 Å². The van der Waals surface area contributed by atoms with E-state index in [-0.39, 0.29) is 0 Å². The third-order valence-electron chi connectivity index (χ3n) is 3.54. The van der Waals surface area contributed by atoms with Gasteiger partial charge in [-0.15, -0.1) is 0 Å². The minimum atomic E-state index is -3.47. The Labute approximate surface area is 124 Å². The molecular formula is C14H18N4O2S. The van der Waals surface area contributed by atoms with Crippen molar-refractivity contribution < 1.29 is 8.42 Å². The van der Waals surface area contributed by atoms with Gasteiger partial charge in [-0.2, -0.15) is 5.10 Å². The van der Waals surface area contributed by atoms with Crippen LogP contribution in [0.25, 0.3) is 0 Å². The van der Waals surface area contributed by atoms with E-state index in [1.54, 1.807) is 16.8 Å². The molecule has 0 atom stereocenters. The van der Waals surface area contributed by atoms with Crippen LogP contribution >= 0.6 is 0 Å². The van der Waals surface area contributed by atoms with E-state index in [0.29, 0.717) is 17.9 Å². The number of hydrogen-bond acceptors (Lipinski definition) is 4. The van der Waals surface area contributed by atoms with Crippen LogP contribution in [0, 0.1) is 0 Å². The Morgan fingerprint density at radius 1 is 1.38 bits per heavy atom. The summed E-state index contributed by atoms with van der Waals surface area (Å²) < 4.78 is 28.8. The quantitative estimate of drug-likeness (QED) is 0.861. The molecule has 0 amide bonds. The van der Waals surface area contributed by atoms with Crippen LogP contribution in [-0.4, -0.2) is 31.3 Å². The van der Waals surface area contributed by atoms with Crippen LogP contribution in [0.5, 0.6) is 0 Å². The minimum Gasteiger partial charge on any atom is -0.384 e. The molecule has 1 aliphatic heterocycles. The lowest BCUT2D eigenvalue weighted by Crippen LogP contribution is -2.26. The van der Waals surface area contributed by atoms with Crippen LogP contribution in [0.3, 0.4) is 0 Å². The average Bonchev–Trinajstić information content (AvgIpc) is 3.06. The first-order valence-corrected chi connectivity index (χ1v) is 8.38. The Morgan fingerprint density at radius 3 is 3.00 bits per heavy atom. The number of nitrogens with one attached hydrogen (secondary N) is 2. The molecule has 0 saturated carbocycles. The molecule has 0 aliphatic carbocycles. The number of benzene rings is 1. The van der Waals surface area contributed by atoms with E-state index in [1.807, 2.05) is 25.4 Å². The summed E-state index contributed by atoms with van der Waals surface area (Å²) in [5.41, 5.74) is 2.96. The first-order chi connectivity index (χ1) is 10.0.